The molecule has 2 aliphatic rings. The normalized spacial score (nSPS) is 36.7. The van der Waals surface area contributed by atoms with Gasteiger partial charge in [-0.25, -0.2) is 0 Å². The highest BCUT2D eigenvalue weighted by atomic mass is 16.4. The summed E-state index contributed by atoms with van der Waals surface area (Å²) in [7, 11) is 0. The summed E-state index contributed by atoms with van der Waals surface area (Å²) < 4.78 is 0. The zero-order valence-corrected chi connectivity index (χ0v) is 5.78. The Labute approximate surface area is 62.8 Å². The van der Waals surface area contributed by atoms with Crippen molar-refractivity contribution in [2.24, 2.45) is 17.3 Å². The zero-order valence-electron chi connectivity index (χ0n) is 5.78. The number of carboxylic acids is 2. The molecule has 0 bridgehead atoms. The molecule has 2 N–H and O–H groups in total. The molecule has 11 heavy (non-hydrogen) atoms. The number of rotatable bonds is 2. The van der Waals surface area contributed by atoms with E-state index in [0.29, 0.717) is 0 Å². The van der Waals surface area contributed by atoms with E-state index in [4.69, 9.17) is 10.2 Å². The van der Waals surface area contributed by atoms with Crippen molar-refractivity contribution in [2.45, 2.75) is 12.8 Å². The summed E-state index contributed by atoms with van der Waals surface area (Å²) in [5.74, 6) is -3.09. The maximum atomic E-state index is 10.5. The first-order chi connectivity index (χ1) is 5.09. The van der Waals surface area contributed by atoms with Crippen LogP contribution in [0.15, 0.2) is 0 Å². The summed E-state index contributed by atoms with van der Waals surface area (Å²) in [6.45, 7) is 0. The third kappa shape index (κ3) is 0.640. The molecule has 0 aromatic carbocycles. The number of hydrogen-bond acceptors (Lipinski definition) is 2. The van der Waals surface area contributed by atoms with E-state index >= 15 is 0 Å². The van der Waals surface area contributed by atoms with Crippen molar-refractivity contribution in [1.82, 2.24) is 0 Å². The Morgan fingerprint density at radius 3 is 1.55 bits per heavy atom. The summed E-state index contributed by atoms with van der Waals surface area (Å²) in [6, 6.07) is 0. The van der Waals surface area contributed by atoms with Crippen LogP contribution in [0.1, 0.15) is 12.8 Å². The SMILES string of the molecule is O=C(O)[C@H]1[C@H](C(=O)O)C12CC2. The molecule has 2 aliphatic carbocycles. The summed E-state index contributed by atoms with van der Waals surface area (Å²) in [5, 5.41) is 17.2. The van der Waals surface area contributed by atoms with Gasteiger partial charge in [0.25, 0.3) is 0 Å². The standard InChI is InChI=1S/C7H8O4/c8-5(9)3-4(6(10)11)7(3)1-2-7/h3-4H,1-2H2,(H,8,9)(H,10,11)/t3-,4-/m1/s1. The molecule has 0 saturated heterocycles. The second kappa shape index (κ2) is 1.57. The first-order valence-electron chi connectivity index (χ1n) is 3.55. The van der Waals surface area contributed by atoms with Crippen molar-refractivity contribution < 1.29 is 19.8 Å². The molecule has 0 aromatic heterocycles. The molecule has 0 radical (unpaired) electrons. The molecule has 0 unspecified atom stereocenters. The molecule has 0 amide bonds. The highest BCUT2D eigenvalue weighted by molar-refractivity contribution is 5.89. The lowest BCUT2D eigenvalue weighted by Crippen LogP contribution is -2.05. The Morgan fingerprint density at radius 2 is 1.45 bits per heavy atom. The van der Waals surface area contributed by atoms with Crippen LogP contribution in [-0.2, 0) is 9.59 Å². The molecule has 2 atom stereocenters. The Hall–Kier alpha value is -1.06. The van der Waals surface area contributed by atoms with E-state index in [2.05, 4.69) is 0 Å². The molecule has 4 nitrogen and oxygen atoms in total. The van der Waals surface area contributed by atoms with Gasteiger partial charge < -0.3 is 10.2 Å². The van der Waals surface area contributed by atoms with Crippen molar-refractivity contribution in [2.75, 3.05) is 0 Å². The number of aliphatic carboxylic acids is 2. The monoisotopic (exact) mass is 156 g/mol. The Balaban J connectivity index is 2.16. The average molecular weight is 156 g/mol. The molecule has 1 spiro atoms. The second-order valence-corrected chi connectivity index (χ2v) is 3.36. The molecule has 0 aliphatic heterocycles. The van der Waals surface area contributed by atoms with Crippen LogP contribution in [0.2, 0.25) is 0 Å². The van der Waals surface area contributed by atoms with Crippen LogP contribution in [0.4, 0.5) is 0 Å². The predicted molar refractivity (Wildman–Crippen MR) is 33.9 cm³/mol. The van der Waals surface area contributed by atoms with Gasteiger partial charge in [-0.3, -0.25) is 9.59 Å². The topological polar surface area (TPSA) is 74.6 Å². The number of hydrogen-bond donors (Lipinski definition) is 2. The fourth-order valence-electron chi connectivity index (χ4n) is 2.03. The van der Waals surface area contributed by atoms with Gasteiger partial charge >= 0.3 is 11.9 Å². The Kier molecular flexibility index (Phi) is 0.948. The molecular weight excluding hydrogens is 148 g/mol. The number of carbonyl (C=O) groups is 2. The van der Waals surface area contributed by atoms with E-state index in [1.54, 1.807) is 0 Å². The van der Waals surface area contributed by atoms with Crippen LogP contribution < -0.4 is 0 Å². The third-order valence-corrected chi connectivity index (χ3v) is 2.82. The van der Waals surface area contributed by atoms with E-state index < -0.39 is 23.8 Å². The molecule has 2 fully saturated rings. The van der Waals surface area contributed by atoms with Gasteiger partial charge in [-0.1, -0.05) is 0 Å². The summed E-state index contributed by atoms with van der Waals surface area (Å²) in [5.41, 5.74) is -0.322. The summed E-state index contributed by atoms with van der Waals surface area (Å²) in [4.78, 5) is 20.9. The average Bonchev–Trinajstić information content (AvgIpc) is 2.71. The first kappa shape index (κ1) is 6.64. The quantitative estimate of drug-likeness (QED) is 0.598. The van der Waals surface area contributed by atoms with E-state index in [9.17, 15) is 9.59 Å². The van der Waals surface area contributed by atoms with E-state index in [1.807, 2.05) is 0 Å². The van der Waals surface area contributed by atoms with Gasteiger partial charge in [0, 0.05) is 0 Å². The molecule has 2 saturated carbocycles. The largest absolute Gasteiger partial charge is 0.481 e. The predicted octanol–water partition coefficient (Wildman–Crippen LogP) is 0.182. The van der Waals surface area contributed by atoms with Crippen LogP contribution in [0.3, 0.4) is 0 Å². The summed E-state index contributed by atoms with van der Waals surface area (Å²) in [6.07, 6.45) is 1.56. The van der Waals surface area contributed by atoms with Crippen molar-refractivity contribution in [3.8, 4) is 0 Å². The highest BCUT2D eigenvalue weighted by Gasteiger charge is 2.78. The van der Waals surface area contributed by atoms with Crippen LogP contribution in [-0.4, -0.2) is 22.2 Å². The molecule has 2 rings (SSSR count). The van der Waals surface area contributed by atoms with Crippen molar-refractivity contribution in [3.05, 3.63) is 0 Å². The van der Waals surface area contributed by atoms with Gasteiger partial charge in [0.1, 0.15) is 0 Å². The molecule has 0 aromatic rings. The van der Waals surface area contributed by atoms with Crippen molar-refractivity contribution in [3.63, 3.8) is 0 Å². The van der Waals surface area contributed by atoms with Gasteiger partial charge in [-0.2, -0.15) is 0 Å². The lowest BCUT2D eigenvalue weighted by atomic mass is 10.3. The Bertz CT molecular complexity index is 219. The summed E-state index contributed by atoms with van der Waals surface area (Å²) >= 11 is 0. The van der Waals surface area contributed by atoms with Crippen molar-refractivity contribution >= 4 is 11.9 Å². The van der Waals surface area contributed by atoms with Crippen LogP contribution in [0.5, 0.6) is 0 Å². The molecule has 4 heteroatoms. The minimum atomic E-state index is -0.949. The second-order valence-electron chi connectivity index (χ2n) is 3.36. The minimum Gasteiger partial charge on any atom is -0.481 e. The highest BCUT2D eigenvalue weighted by Crippen LogP contribution is 2.74. The maximum absolute atomic E-state index is 10.5. The zero-order chi connectivity index (χ0) is 8.22. The van der Waals surface area contributed by atoms with Gasteiger partial charge in [0.2, 0.25) is 0 Å². The van der Waals surface area contributed by atoms with Crippen molar-refractivity contribution in [1.29, 1.82) is 0 Å². The first-order valence-corrected chi connectivity index (χ1v) is 3.55. The van der Waals surface area contributed by atoms with Gasteiger partial charge in [0.05, 0.1) is 11.8 Å². The van der Waals surface area contributed by atoms with E-state index in [1.165, 1.54) is 0 Å². The van der Waals surface area contributed by atoms with Gasteiger partial charge in [-0.05, 0) is 18.3 Å². The fourth-order valence-corrected chi connectivity index (χ4v) is 2.03. The lowest BCUT2D eigenvalue weighted by molar-refractivity contribution is -0.144. The molecule has 60 valence electrons. The van der Waals surface area contributed by atoms with Gasteiger partial charge in [0.15, 0.2) is 0 Å². The smallest absolute Gasteiger partial charge is 0.307 e. The van der Waals surface area contributed by atoms with Crippen LogP contribution in [0, 0.1) is 17.3 Å². The van der Waals surface area contributed by atoms with Crippen LogP contribution >= 0.6 is 0 Å². The third-order valence-electron chi connectivity index (χ3n) is 2.82. The number of carboxylic acid groups (broad SMARTS) is 2. The van der Waals surface area contributed by atoms with Crippen LogP contribution in [0.25, 0.3) is 0 Å². The molecular formula is C7H8O4. The van der Waals surface area contributed by atoms with E-state index in [-0.39, 0.29) is 5.41 Å². The lowest BCUT2D eigenvalue weighted by Gasteiger charge is -1.84. The fraction of sp³-hybridized carbons (Fsp3) is 0.714. The maximum Gasteiger partial charge on any atom is 0.307 e. The Morgan fingerprint density at radius 1 is 1.09 bits per heavy atom. The van der Waals surface area contributed by atoms with E-state index in [0.717, 1.165) is 12.8 Å². The molecule has 0 heterocycles. The van der Waals surface area contributed by atoms with Gasteiger partial charge in [-0.15, -0.1) is 0 Å². The minimum absolute atomic E-state index is 0.322.